The minimum atomic E-state index is 0.0298. The number of methoxy groups -OCH3 is 1. The van der Waals surface area contributed by atoms with Gasteiger partial charge in [-0.05, 0) is 17.7 Å². The Bertz CT molecular complexity index is 531. The molecule has 100 valence electrons. The molecule has 2 aromatic rings. The highest BCUT2D eigenvalue weighted by molar-refractivity contribution is 6.43. The van der Waals surface area contributed by atoms with Crippen LogP contribution in [0.4, 0.5) is 5.69 Å². The predicted octanol–water partition coefficient (Wildman–Crippen LogP) is 4.79. The van der Waals surface area contributed by atoms with Crippen LogP contribution in [0.2, 0.25) is 10.0 Å². The van der Waals surface area contributed by atoms with E-state index in [1.165, 1.54) is 0 Å². The van der Waals surface area contributed by atoms with Crippen molar-refractivity contribution in [2.45, 2.75) is 6.04 Å². The van der Waals surface area contributed by atoms with Gasteiger partial charge in [0.25, 0.3) is 0 Å². The highest BCUT2D eigenvalue weighted by Gasteiger charge is 2.13. The molecular formula is C15H15Cl2NO. The zero-order valence-corrected chi connectivity index (χ0v) is 12.1. The van der Waals surface area contributed by atoms with Gasteiger partial charge in [0.2, 0.25) is 0 Å². The van der Waals surface area contributed by atoms with Crippen LogP contribution in [-0.2, 0) is 4.74 Å². The Morgan fingerprint density at radius 3 is 2.47 bits per heavy atom. The van der Waals surface area contributed by atoms with E-state index in [9.17, 15) is 0 Å². The number of benzene rings is 2. The molecule has 1 unspecified atom stereocenters. The molecule has 2 nitrogen and oxygen atoms in total. The predicted molar refractivity (Wildman–Crippen MR) is 81.1 cm³/mol. The van der Waals surface area contributed by atoms with Gasteiger partial charge >= 0.3 is 0 Å². The molecule has 0 aromatic heterocycles. The van der Waals surface area contributed by atoms with E-state index >= 15 is 0 Å². The molecule has 2 aromatic carbocycles. The van der Waals surface area contributed by atoms with Crippen LogP contribution in [0.25, 0.3) is 0 Å². The third-order valence-electron chi connectivity index (χ3n) is 2.82. The number of halogens is 2. The highest BCUT2D eigenvalue weighted by Crippen LogP contribution is 2.32. The average Bonchev–Trinajstić information content (AvgIpc) is 2.44. The number of hydrogen-bond acceptors (Lipinski definition) is 2. The van der Waals surface area contributed by atoms with Gasteiger partial charge in [-0.25, -0.2) is 0 Å². The van der Waals surface area contributed by atoms with E-state index in [2.05, 4.69) is 17.4 Å². The zero-order chi connectivity index (χ0) is 13.7. The maximum Gasteiger partial charge on any atom is 0.0823 e. The lowest BCUT2D eigenvalue weighted by molar-refractivity contribution is 0.186. The summed E-state index contributed by atoms with van der Waals surface area (Å²) in [6.07, 6.45) is 0. The molecule has 0 aliphatic rings. The third-order valence-corrected chi connectivity index (χ3v) is 3.64. The summed E-state index contributed by atoms with van der Waals surface area (Å²) in [5.41, 5.74) is 1.94. The molecule has 0 aliphatic carbocycles. The Labute approximate surface area is 123 Å². The fraction of sp³-hybridized carbons (Fsp3) is 0.200. The molecule has 0 radical (unpaired) electrons. The quantitative estimate of drug-likeness (QED) is 0.856. The summed E-state index contributed by atoms with van der Waals surface area (Å²) in [6, 6.07) is 15.7. The first-order valence-corrected chi connectivity index (χ1v) is 6.72. The van der Waals surface area contributed by atoms with E-state index in [0.29, 0.717) is 16.7 Å². The normalized spacial score (nSPS) is 12.2. The molecule has 2 rings (SSSR count). The summed E-state index contributed by atoms with van der Waals surface area (Å²) in [5.74, 6) is 0. The Kier molecular flexibility index (Phi) is 5.08. The Hall–Kier alpha value is -1.22. The Morgan fingerprint density at radius 2 is 1.79 bits per heavy atom. The van der Waals surface area contributed by atoms with Crippen molar-refractivity contribution in [3.63, 3.8) is 0 Å². The van der Waals surface area contributed by atoms with Crippen molar-refractivity contribution in [3.05, 3.63) is 64.1 Å². The first-order chi connectivity index (χ1) is 9.22. The highest BCUT2D eigenvalue weighted by atomic mass is 35.5. The number of nitrogens with one attached hydrogen (secondary N) is 1. The second kappa shape index (κ2) is 6.80. The molecule has 0 saturated carbocycles. The molecular weight excluding hydrogens is 281 g/mol. The molecule has 1 N–H and O–H groups in total. The van der Waals surface area contributed by atoms with Crippen LogP contribution in [0.1, 0.15) is 11.6 Å². The van der Waals surface area contributed by atoms with E-state index in [1.807, 2.05) is 30.3 Å². The topological polar surface area (TPSA) is 21.3 Å². The molecule has 0 fully saturated rings. The van der Waals surface area contributed by atoms with Gasteiger partial charge in [0.15, 0.2) is 0 Å². The maximum absolute atomic E-state index is 6.19. The van der Waals surface area contributed by atoms with E-state index in [0.717, 1.165) is 11.3 Å². The summed E-state index contributed by atoms with van der Waals surface area (Å²) in [4.78, 5) is 0. The third kappa shape index (κ3) is 3.63. The van der Waals surface area contributed by atoms with E-state index < -0.39 is 0 Å². The lowest BCUT2D eigenvalue weighted by Crippen LogP contribution is -2.16. The Balaban J connectivity index is 2.24. The smallest absolute Gasteiger partial charge is 0.0823 e. The maximum atomic E-state index is 6.19. The van der Waals surface area contributed by atoms with Gasteiger partial charge in [-0.15, -0.1) is 0 Å². The van der Waals surface area contributed by atoms with Crippen molar-refractivity contribution in [3.8, 4) is 0 Å². The first-order valence-electron chi connectivity index (χ1n) is 5.97. The lowest BCUT2D eigenvalue weighted by atomic mass is 10.1. The van der Waals surface area contributed by atoms with Crippen LogP contribution >= 0.6 is 23.2 Å². The number of hydrogen-bond donors (Lipinski definition) is 1. The lowest BCUT2D eigenvalue weighted by Gasteiger charge is -2.20. The van der Waals surface area contributed by atoms with E-state index in [4.69, 9.17) is 27.9 Å². The summed E-state index contributed by atoms with van der Waals surface area (Å²) >= 11 is 12.2. The fourth-order valence-electron chi connectivity index (χ4n) is 1.88. The monoisotopic (exact) mass is 295 g/mol. The summed E-state index contributed by atoms with van der Waals surface area (Å²) in [7, 11) is 1.68. The molecule has 0 saturated heterocycles. The molecule has 1 atom stereocenters. The van der Waals surface area contributed by atoms with Gasteiger partial charge in [0.05, 0.1) is 28.4 Å². The standard InChI is InChI=1S/C15H15Cl2NO/c1-19-10-14(11-6-3-2-4-7-11)18-13-9-5-8-12(16)15(13)17/h2-9,14,18H,10H2,1H3. The first kappa shape index (κ1) is 14.2. The molecule has 0 aliphatic heterocycles. The van der Waals surface area contributed by atoms with Crippen LogP contribution in [0.15, 0.2) is 48.5 Å². The van der Waals surface area contributed by atoms with Crippen LogP contribution in [0, 0.1) is 0 Å². The van der Waals surface area contributed by atoms with Gasteiger partial charge in [0, 0.05) is 7.11 Å². The molecule has 0 heterocycles. The van der Waals surface area contributed by atoms with Crippen LogP contribution in [-0.4, -0.2) is 13.7 Å². The van der Waals surface area contributed by atoms with E-state index in [-0.39, 0.29) is 6.04 Å². The van der Waals surface area contributed by atoms with Crippen molar-refractivity contribution >= 4 is 28.9 Å². The molecule has 19 heavy (non-hydrogen) atoms. The minimum Gasteiger partial charge on any atom is -0.382 e. The molecule has 0 bridgehead atoms. The zero-order valence-electron chi connectivity index (χ0n) is 10.6. The van der Waals surface area contributed by atoms with Crippen LogP contribution < -0.4 is 5.32 Å². The number of anilines is 1. The van der Waals surface area contributed by atoms with Gasteiger partial charge in [0.1, 0.15) is 0 Å². The summed E-state index contributed by atoms with van der Waals surface area (Å²) in [5, 5.41) is 4.43. The van der Waals surface area contributed by atoms with Crippen LogP contribution in [0.5, 0.6) is 0 Å². The van der Waals surface area contributed by atoms with Crippen LogP contribution in [0.3, 0.4) is 0 Å². The summed E-state index contributed by atoms with van der Waals surface area (Å²) in [6.45, 7) is 0.548. The van der Waals surface area contributed by atoms with Crippen molar-refractivity contribution in [1.82, 2.24) is 0 Å². The second-order valence-corrected chi connectivity index (χ2v) is 4.95. The fourth-order valence-corrected chi connectivity index (χ4v) is 2.23. The average molecular weight is 296 g/mol. The second-order valence-electron chi connectivity index (χ2n) is 4.16. The van der Waals surface area contributed by atoms with Gasteiger partial charge in [-0.3, -0.25) is 0 Å². The molecule has 0 spiro atoms. The van der Waals surface area contributed by atoms with E-state index in [1.54, 1.807) is 13.2 Å². The summed E-state index contributed by atoms with van der Waals surface area (Å²) < 4.78 is 5.26. The largest absolute Gasteiger partial charge is 0.382 e. The van der Waals surface area contributed by atoms with Crippen molar-refractivity contribution < 1.29 is 4.74 Å². The van der Waals surface area contributed by atoms with Crippen molar-refractivity contribution in [1.29, 1.82) is 0 Å². The van der Waals surface area contributed by atoms with Crippen molar-refractivity contribution in [2.75, 3.05) is 19.0 Å². The molecule has 0 amide bonds. The Morgan fingerprint density at radius 1 is 1.05 bits per heavy atom. The van der Waals surface area contributed by atoms with Gasteiger partial charge < -0.3 is 10.1 Å². The SMILES string of the molecule is COCC(Nc1cccc(Cl)c1Cl)c1ccccc1. The number of ether oxygens (including phenoxy) is 1. The van der Waals surface area contributed by atoms with Gasteiger partial charge in [-0.2, -0.15) is 0 Å². The molecule has 4 heteroatoms. The van der Waals surface area contributed by atoms with Crippen molar-refractivity contribution in [2.24, 2.45) is 0 Å². The minimum absolute atomic E-state index is 0.0298. The number of rotatable bonds is 5. The van der Waals surface area contributed by atoms with Gasteiger partial charge in [-0.1, -0.05) is 59.6 Å².